The second-order valence-corrected chi connectivity index (χ2v) is 7.73. The zero-order valence-corrected chi connectivity index (χ0v) is 14.9. The molecule has 0 aromatic heterocycles. The smallest absolute Gasteiger partial charge is 0.251 e. The molecule has 2 atom stereocenters. The standard InChI is InChI=1S/C16H25N3O4S/c1-12-7-8-17-11-15(12)19-16(20)13-3-5-14(6-4-13)24(21,22)18-9-10-23-2/h3-6,12,15,17-18H,7-11H2,1-2H3,(H,19,20). The molecule has 2 rings (SSSR count). The quantitative estimate of drug-likeness (QED) is 0.613. The van der Waals surface area contributed by atoms with Gasteiger partial charge in [-0.2, -0.15) is 0 Å². The topological polar surface area (TPSA) is 96.5 Å². The van der Waals surface area contributed by atoms with E-state index in [1.807, 2.05) is 0 Å². The van der Waals surface area contributed by atoms with Crippen molar-refractivity contribution in [2.45, 2.75) is 24.3 Å². The molecule has 0 saturated carbocycles. The molecule has 0 bridgehead atoms. The molecular weight excluding hydrogens is 330 g/mol. The summed E-state index contributed by atoms with van der Waals surface area (Å²) in [6, 6.07) is 6.02. The Balaban J connectivity index is 1.99. The molecule has 3 N–H and O–H groups in total. The Morgan fingerprint density at radius 2 is 2.04 bits per heavy atom. The molecule has 8 heteroatoms. The van der Waals surface area contributed by atoms with E-state index in [2.05, 4.69) is 22.3 Å². The van der Waals surface area contributed by atoms with E-state index < -0.39 is 10.0 Å². The number of piperidine rings is 1. The van der Waals surface area contributed by atoms with Crippen molar-refractivity contribution in [3.05, 3.63) is 29.8 Å². The first-order valence-corrected chi connectivity index (χ1v) is 9.52. The Hall–Kier alpha value is -1.48. The molecule has 2 unspecified atom stereocenters. The SMILES string of the molecule is COCCNS(=O)(=O)c1ccc(C(=O)NC2CNCCC2C)cc1. The number of hydrogen-bond acceptors (Lipinski definition) is 5. The van der Waals surface area contributed by atoms with Gasteiger partial charge in [-0.1, -0.05) is 6.92 Å². The van der Waals surface area contributed by atoms with Crippen LogP contribution in [0.3, 0.4) is 0 Å². The van der Waals surface area contributed by atoms with E-state index in [-0.39, 0.29) is 23.4 Å². The summed E-state index contributed by atoms with van der Waals surface area (Å²) < 4.78 is 31.4. The Bertz CT molecular complexity index is 646. The van der Waals surface area contributed by atoms with Crippen LogP contribution in [0.25, 0.3) is 0 Å². The first kappa shape index (κ1) is 18.9. The fourth-order valence-electron chi connectivity index (χ4n) is 2.58. The maximum atomic E-state index is 12.3. The van der Waals surface area contributed by atoms with Crippen LogP contribution in [0.2, 0.25) is 0 Å². The van der Waals surface area contributed by atoms with E-state index >= 15 is 0 Å². The number of sulfonamides is 1. The van der Waals surface area contributed by atoms with Gasteiger partial charge in [0, 0.05) is 31.8 Å². The summed E-state index contributed by atoms with van der Waals surface area (Å²) in [5, 5.41) is 6.26. The molecule has 0 radical (unpaired) electrons. The van der Waals surface area contributed by atoms with Gasteiger partial charge in [-0.25, -0.2) is 13.1 Å². The molecule has 1 saturated heterocycles. The van der Waals surface area contributed by atoms with Gasteiger partial charge >= 0.3 is 0 Å². The lowest BCUT2D eigenvalue weighted by Crippen LogP contribution is -2.50. The highest BCUT2D eigenvalue weighted by Crippen LogP contribution is 2.14. The van der Waals surface area contributed by atoms with Crippen molar-refractivity contribution in [1.29, 1.82) is 0 Å². The normalized spacial score (nSPS) is 21.4. The molecule has 1 aliphatic heterocycles. The number of hydrogen-bond donors (Lipinski definition) is 3. The van der Waals surface area contributed by atoms with Crippen LogP contribution in [0.15, 0.2) is 29.2 Å². The predicted octanol–water partition coefficient (Wildman–Crippen LogP) is 0.339. The highest BCUT2D eigenvalue weighted by molar-refractivity contribution is 7.89. The third-order valence-electron chi connectivity index (χ3n) is 4.17. The Labute approximate surface area is 143 Å². The molecule has 1 heterocycles. The number of carbonyl (C=O) groups is 1. The fraction of sp³-hybridized carbons (Fsp3) is 0.562. The summed E-state index contributed by atoms with van der Waals surface area (Å²) in [6.07, 6.45) is 1.02. The summed E-state index contributed by atoms with van der Waals surface area (Å²) in [5.41, 5.74) is 0.448. The summed E-state index contributed by atoms with van der Waals surface area (Å²) in [7, 11) is -2.08. The minimum absolute atomic E-state index is 0.0883. The average Bonchev–Trinajstić information content (AvgIpc) is 2.57. The molecule has 1 aliphatic rings. The molecule has 0 aliphatic carbocycles. The van der Waals surface area contributed by atoms with E-state index in [1.54, 1.807) is 0 Å². The first-order valence-electron chi connectivity index (χ1n) is 8.04. The van der Waals surface area contributed by atoms with Gasteiger partial charge in [0.1, 0.15) is 0 Å². The minimum Gasteiger partial charge on any atom is -0.383 e. The third kappa shape index (κ3) is 5.01. The fourth-order valence-corrected chi connectivity index (χ4v) is 3.59. The van der Waals surface area contributed by atoms with Crippen molar-refractivity contribution >= 4 is 15.9 Å². The van der Waals surface area contributed by atoms with Crippen molar-refractivity contribution in [3.63, 3.8) is 0 Å². The Morgan fingerprint density at radius 1 is 1.33 bits per heavy atom. The zero-order valence-electron chi connectivity index (χ0n) is 14.0. The van der Waals surface area contributed by atoms with Crippen LogP contribution in [0, 0.1) is 5.92 Å². The number of nitrogens with one attached hydrogen (secondary N) is 3. The van der Waals surface area contributed by atoms with Crippen LogP contribution < -0.4 is 15.4 Å². The second-order valence-electron chi connectivity index (χ2n) is 5.96. The molecule has 1 aromatic rings. The predicted molar refractivity (Wildman–Crippen MR) is 91.4 cm³/mol. The van der Waals surface area contributed by atoms with Crippen LogP contribution in [-0.2, 0) is 14.8 Å². The van der Waals surface area contributed by atoms with Crippen molar-refractivity contribution in [2.75, 3.05) is 33.4 Å². The molecule has 1 fully saturated rings. The van der Waals surface area contributed by atoms with E-state index in [9.17, 15) is 13.2 Å². The average molecular weight is 355 g/mol. The molecule has 7 nitrogen and oxygen atoms in total. The summed E-state index contributed by atoms with van der Waals surface area (Å²) in [6.45, 7) is 4.34. The van der Waals surface area contributed by atoms with E-state index in [1.165, 1.54) is 31.4 Å². The second kappa shape index (κ2) is 8.57. The van der Waals surface area contributed by atoms with Crippen LogP contribution >= 0.6 is 0 Å². The number of amides is 1. The lowest BCUT2D eigenvalue weighted by Gasteiger charge is -2.30. The van der Waals surface area contributed by atoms with Gasteiger partial charge in [0.25, 0.3) is 5.91 Å². The monoisotopic (exact) mass is 355 g/mol. The maximum absolute atomic E-state index is 12.3. The van der Waals surface area contributed by atoms with Gasteiger partial charge in [-0.05, 0) is 43.1 Å². The summed E-state index contributed by atoms with van der Waals surface area (Å²) >= 11 is 0. The molecule has 1 aromatic carbocycles. The van der Waals surface area contributed by atoms with Crippen molar-refractivity contribution < 1.29 is 17.9 Å². The Kier molecular flexibility index (Phi) is 6.73. The largest absolute Gasteiger partial charge is 0.383 e. The maximum Gasteiger partial charge on any atom is 0.251 e. The van der Waals surface area contributed by atoms with E-state index in [4.69, 9.17) is 4.74 Å². The summed E-state index contributed by atoms with van der Waals surface area (Å²) in [4.78, 5) is 12.4. The van der Waals surface area contributed by atoms with Gasteiger partial charge in [-0.15, -0.1) is 0 Å². The van der Waals surface area contributed by atoms with Crippen LogP contribution in [0.5, 0.6) is 0 Å². The molecule has 134 valence electrons. The first-order chi connectivity index (χ1) is 11.4. The number of methoxy groups -OCH3 is 1. The molecule has 24 heavy (non-hydrogen) atoms. The van der Waals surface area contributed by atoms with Crippen LogP contribution in [-0.4, -0.2) is 53.7 Å². The highest BCUT2D eigenvalue weighted by atomic mass is 32.2. The molecule has 1 amide bonds. The Morgan fingerprint density at radius 3 is 2.67 bits per heavy atom. The van der Waals surface area contributed by atoms with Gasteiger partial charge in [-0.3, -0.25) is 4.79 Å². The number of carbonyl (C=O) groups excluding carboxylic acids is 1. The lowest BCUT2D eigenvalue weighted by molar-refractivity contribution is 0.0915. The number of benzene rings is 1. The zero-order chi connectivity index (χ0) is 17.6. The van der Waals surface area contributed by atoms with Gasteiger partial charge < -0.3 is 15.4 Å². The molecule has 0 spiro atoms. The van der Waals surface area contributed by atoms with Gasteiger partial charge in [0.2, 0.25) is 10.0 Å². The van der Waals surface area contributed by atoms with Gasteiger partial charge in [0.15, 0.2) is 0 Å². The van der Waals surface area contributed by atoms with E-state index in [0.29, 0.717) is 18.1 Å². The number of rotatable bonds is 7. The third-order valence-corrected chi connectivity index (χ3v) is 5.65. The van der Waals surface area contributed by atoms with Gasteiger partial charge in [0.05, 0.1) is 11.5 Å². The van der Waals surface area contributed by atoms with E-state index in [0.717, 1.165) is 19.5 Å². The van der Waals surface area contributed by atoms with Crippen molar-refractivity contribution in [2.24, 2.45) is 5.92 Å². The van der Waals surface area contributed by atoms with Crippen LogP contribution in [0.4, 0.5) is 0 Å². The molecular formula is C16H25N3O4S. The summed E-state index contributed by atoms with van der Waals surface area (Å²) in [5.74, 6) is 0.228. The van der Waals surface area contributed by atoms with Crippen LogP contribution in [0.1, 0.15) is 23.7 Å². The number of ether oxygens (including phenoxy) is 1. The van der Waals surface area contributed by atoms with Crippen molar-refractivity contribution in [1.82, 2.24) is 15.4 Å². The highest BCUT2D eigenvalue weighted by Gasteiger charge is 2.23. The minimum atomic E-state index is -3.58. The van der Waals surface area contributed by atoms with Crippen molar-refractivity contribution in [3.8, 4) is 0 Å². The lowest BCUT2D eigenvalue weighted by atomic mass is 9.94.